The van der Waals surface area contributed by atoms with Gasteiger partial charge in [-0.3, -0.25) is 0 Å². The van der Waals surface area contributed by atoms with Crippen molar-refractivity contribution >= 4 is 36.3 Å². The van der Waals surface area contributed by atoms with Crippen LogP contribution in [0.4, 0.5) is 10.1 Å². The summed E-state index contributed by atoms with van der Waals surface area (Å²) in [5, 5.41) is 1.81. The molecule has 30 heavy (non-hydrogen) atoms. The van der Waals surface area contributed by atoms with Crippen molar-refractivity contribution in [3.05, 3.63) is 66.5 Å². The van der Waals surface area contributed by atoms with Crippen molar-refractivity contribution in [3.63, 3.8) is 0 Å². The van der Waals surface area contributed by atoms with Crippen molar-refractivity contribution in [2.75, 3.05) is 37.3 Å². The van der Waals surface area contributed by atoms with Gasteiger partial charge in [-0.05, 0) is 41.1 Å². The van der Waals surface area contributed by atoms with Crippen LogP contribution in [-0.4, -0.2) is 53.6 Å². The van der Waals surface area contributed by atoms with Crippen LogP contribution in [0.5, 0.6) is 0 Å². The second-order valence-corrected chi connectivity index (χ2v) is 11.2. The molecule has 1 aliphatic rings. The second-order valence-electron chi connectivity index (χ2n) is 7.28. The molecule has 1 saturated heterocycles. The number of nitrogens with zero attached hydrogens (tertiary/aromatic N) is 2. The van der Waals surface area contributed by atoms with E-state index in [0.29, 0.717) is 18.8 Å². The highest BCUT2D eigenvalue weighted by atomic mass is 32.2. The summed E-state index contributed by atoms with van der Waals surface area (Å²) in [5.74, 6) is -0.628. The molecule has 0 aliphatic carbocycles. The van der Waals surface area contributed by atoms with E-state index in [1.807, 2.05) is 24.3 Å². The minimum absolute atomic E-state index is 0.0895. The lowest BCUT2D eigenvalue weighted by atomic mass is 10.1. The smallest absolute Gasteiger partial charge is 0.243 e. The maximum Gasteiger partial charge on any atom is 0.243 e. The van der Waals surface area contributed by atoms with Gasteiger partial charge in [-0.2, -0.15) is 4.31 Å². The fraction of sp³-hybridized carbons (Fsp3) is 0.238. The van der Waals surface area contributed by atoms with E-state index in [-0.39, 0.29) is 22.9 Å². The minimum Gasteiger partial charge on any atom is -0.368 e. The molecule has 0 unspecified atom stereocenters. The van der Waals surface area contributed by atoms with Gasteiger partial charge in [-0.15, -0.1) is 0 Å². The monoisotopic (exact) mass is 448 g/mol. The van der Waals surface area contributed by atoms with Crippen molar-refractivity contribution < 1.29 is 21.2 Å². The van der Waals surface area contributed by atoms with Gasteiger partial charge in [0.1, 0.15) is 5.82 Å². The van der Waals surface area contributed by atoms with Crippen molar-refractivity contribution in [3.8, 4) is 0 Å². The van der Waals surface area contributed by atoms with E-state index in [2.05, 4.69) is 0 Å². The number of piperazine rings is 1. The molecule has 0 amide bonds. The Morgan fingerprint density at radius 1 is 0.800 bits per heavy atom. The molecule has 4 rings (SSSR count). The van der Waals surface area contributed by atoms with Gasteiger partial charge < -0.3 is 4.90 Å². The molecule has 0 spiro atoms. The average molecular weight is 449 g/mol. The highest BCUT2D eigenvalue weighted by Crippen LogP contribution is 2.29. The molecule has 0 atom stereocenters. The fourth-order valence-corrected chi connectivity index (χ4v) is 6.05. The predicted molar refractivity (Wildman–Crippen MR) is 114 cm³/mol. The van der Waals surface area contributed by atoms with E-state index >= 15 is 0 Å². The van der Waals surface area contributed by atoms with Gasteiger partial charge >= 0.3 is 0 Å². The number of fused-ring (bicyclic) bond motifs is 1. The van der Waals surface area contributed by atoms with Crippen LogP contribution < -0.4 is 4.90 Å². The summed E-state index contributed by atoms with van der Waals surface area (Å²) in [4.78, 5) is 1.92. The summed E-state index contributed by atoms with van der Waals surface area (Å²) in [6, 6.07) is 16.2. The number of hydrogen-bond donors (Lipinski definition) is 0. The van der Waals surface area contributed by atoms with Crippen LogP contribution in [0.3, 0.4) is 0 Å². The minimum atomic E-state index is -3.68. The first-order valence-corrected chi connectivity index (χ1v) is 12.7. The molecule has 6 nitrogen and oxygen atoms in total. The Balaban J connectivity index is 1.57. The van der Waals surface area contributed by atoms with Crippen LogP contribution >= 0.6 is 0 Å². The molecule has 9 heteroatoms. The third kappa shape index (κ3) is 3.92. The summed E-state index contributed by atoms with van der Waals surface area (Å²) < 4.78 is 65.3. The van der Waals surface area contributed by atoms with E-state index in [0.717, 1.165) is 23.1 Å². The van der Waals surface area contributed by atoms with Gasteiger partial charge in [0.2, 0.25) is 10.0 Å². The van der Waals surface area contributed by atoms with E-state index in [4.69, 9.17) is 0 Å². The molecular weight excluding hydrogens is 427 g/mol. The molecule has 1 fully saturated rings. The van der Waals surface area contributed by atoms with Gasteiger partial charge in [-0.1, -0.05) is 30.3 Å². The largest absolute Gasteiger partial charge is 0.368 e. The Hall–Kier alpha value is -2.49. The van der Waals surface area contributed by atoms with Crippen LogP contribution in [0.25, 0.3) is 10.8 Å². The van der Waals surface area contributed by atoms with Crippen molar-refractivity contribution in [1.29, 1.82) is 0 Å². The van der Waals surface area contributed by atoms with Crippen molar-refractivity contribution in [1.82, 2.24) is 4.31 Å². The summed E-state index contributed by atoms with van der Waals surface area (Å²) in [6.07, 6.45) is 1.03. The standard InChI is InChI=1S/C21H21FN2O4S2/c1-29(25,26)21-15-18(22)7-9-20(21)23-10-12-24(13-11-23)30(27,28)19-8-6-16-4-2-3-5-17(16)14-19/h2-9,14-15H,10-13H2,1H3. The summed E-state index contributed by atoms with van der Waals surface area (Å²) in [5.41, 5.74) is 0.390. The van der Waals surface area contributed by atoms with Gasteiger partial charge in [0.15, 0.2) is 9.84 Å². The quantitative estimate of drug-likeness (QED) is 0.614. The first-order chi connectivity index (χ1) is 14.2. The number of sulfonamides is 1. The predicted octanol–water partition coefficient (Wildman–Crippen LogP) is 2.89. The highest BCUT2D eigenvalue weighted by Gasteiger charge is 2.30. The average Bonchev–Trinajstić information content (AvgIpc) is 2.73. The first kappa shape index (κ1) is 20.8. The van der Waals surface area contributed by atoms with E-state index in [1.54, 1.807) is 23.1 Å². The first-order valence-electron chi connectivity index (χ1n) is 9.40. The van der Waals surface area contributed by atoms with Gasteiger partial charge in [0.25, 0.3) is 0 Å². The third-order valence-electron chi connectivity index (χ3n) is 5.26. The Bertz CT molecular complexity index is 1320. The lowest BCUT2D eigenvalue weighted by molar-refractivity contribution is 0.384. The van der Waals surface area contributed by atoms with Crippen LogP contribution in [0.1, 0.15) is 0 Å². The summed E-state index contributed by atoms with van der Waals surface area (Å²) in [6.45, 7) is 1.02. The van der Waals surface area contributed by atoms with Crippen molar-refractivity contribution in [2.24, 2.45) is 0 Å². The van der Waals surface area contributed by atoms with Gasteiger partial charge in [0.05, 0.1) is 15.5 Å². The lowest BCUT2D eigenvalue weighted by Crippen LogP contribution is -2.49. The molecule has 0 saturated carbocycles. The molecule has 0 bridgehead atoms. The molecule has 1 aliphatic heterocycles. The van der Waals surface area contributed by atoms with Crippen LogP contribution in [0, 0.1) is 5.82 Å². The lowest BCUT2D eigenvalue weighted by Gasteiger charge is -2.36. The zero-order valence-electron chi connectivity index (χ0n) is 16.3. The van der Waals surface area contributed by atoms with Crippen molar-refractivity contribution in [2.45, 2.75) is 9.79 Å². The Morgan fingerprint density at radius 2 is 1.47 bits per heavy atom. The molecule has 0 radical (unpaired) electrons. The molecule has 1 heterocycles. The molecule has 3 aromatic carbocycles. The topological polar surface area (TPSA) is 74.8 Å². The zero-order chi connectivity index (χ0) is 21.5. The molecule has 3 aromatic rings. The maximum absolute atomic E-state index is 13.6. The molecule has 0 aromatic heterocycles. The molecule has 0 N–H and O–H groups in total. The molecular formula is C21H21FN2O4S2. The number of rotatable bonds is 4. The number of sulfone groups is 1. The fourth-order valence-electron chi connectivity index (χ4n) is 3.69. The summed E-state index contributed by atoms with van der Waals surface area (Å²) >= 11 is 0. The second kappa shape index (κ2) is 7.64. The van der Waals surface area contributed by atoms with Crippen LogP contribution in [-0.2, 0) is 19.9 Å². The number of hydrogen-bond acceptors (Lipinski definition) is 5. The van der Waals surface area contributed by atoms with E-state index in [9.17, 15) is 21.2 Å². The Kier molecular flexibility index (Phi) is 5.29. The zero-order valence-corrected chi connectivity index (χ0v) is 18.0. The number of halogens is 1. The third-order valence-corrected chi connectivity index (χ3v) is 8.28. The highest BCUT2D eigenvalue weighted by molar-refractivity contribution is 7.91. The SMILES string of the molecule is CS(=O)(=O)c1cc(F)ccc1N1CCN(S(=O)(=O)c2ccc3ccccc3c2)CC1. The normalized spacial score (nSPS) is 16.1. The van der Waals surface area contributed by atoms with Gasteiger partial charge in [-0.25, -0.2) is 21.2 Å². The van der Waals surface area contributed by atoms with Crippen LogP contribution in [0.15, 0.2) is 70.5 Å². The summed E-state index contributed by atoms with van der Waals surface area (Å²) in [7, 11) is -7.30. The Labute approximate surface area is 175 Å². The Morgan fingerprint density at radius 3 is 2.13 bits per heavy atom. The van der Waals surface area contributed by atoms with E-state index < -0.39 is 25.7 Å². The van der Waals surface area contributed by atoms with Crippen LogP contribution in [0.2, 0.25) is 0 Å². The maximum atomic E-state index is 13.6. The molecule has 158 valence electrons. The number of anilines is 1. The van der Waals surface area contributed by atoms with E-state index in [1.165, 1.54) is 16.4 Å². The van der Waals surface area contributed by atoms with Gasteiger partial charge in [0, 0.05) is 32.4 Å². The number of benzene rings is 3.